The molecule has 3 fully saturated rings. The van der Waals surface area contributed by atoms with Gasteiger partial charge in [-0.2, -0.15) is 0 Å². The average molecular weight is 302 g/mol. The lowest BCUT2D eigenvalue weighted by molar-refractivity contribution is -0.138. The average Bonchev–Trinajstić information content (AvgIpc) is 2.79. The highest BCUT2D eigenvalue weighted by Gasteiger charge is 2.59. The molecule has 4 rings (SSSR count). The molecule has 0 aromatic rings. The van der Waals surface area contributed by atoms with E-state index in [9.17, 15) is 4.79 Å². The number of nitrogens with two attached hydrogens (primary N) is 1. The van der Waals surface area contributed by atoms with Crippen molar-refractivity contribution in [3.8, 4) is 0 Å². The molecule has 3 nitrogen and oxygen atoms in total. The van der Waals surface area contributed by atoms with Gasteiger partial charge in [0.15, 0.2) is 0 Å². The lowest BCUT2D eigenvalue weighted by Crippen LogP contribution is -2.60. The number of likely N-dealkylation sites (N-methyl/N-ethyl adjacent to an activating group) is 1. The fourth-order valence-electron chi connectivity index (χ4n) is 6.78. The van der Waals surface area contributed by atoms with Crippen molar-refractivity contribution < 1.29 is 4.79 Å². The van der Waals surface area contributed by atoms with Gasteiger partial charge in [-0.3, -0.25) is 4.79 Å². The van der Waals surface area contributed by atoms with Crippen LogP contribution < -0.4 is 5.73 Å². The van der Waals surface area contributed by atoms with E-state index in [0.29, 0.717) is 17.5 Å². The minimum Gasteiger partial charge on any atom is -0.338 e. The van der Waals surface area contributed by atoms with Crippen LogP contribution in [-0.2, 0) is 4.79 Å². The van der Waals surface area contributed by atoms with Crippen molar-refractivity contribution in [2.45, 2.75) is 64.5 Å². The molecule has 0 radical (unpaired) electrons. The fourth-order valence-corrected chi connectivity index (χ4v) is 6.78. The van der Waals surface area contributed by atoms with Gasteiger partial charge in [-0.1, -0.05) is 19.9 Å². The van der Waals surface area contributed by atoms with E-state index in [2.05, 4.69) is 19.9 Å². The Balaban J connectivity index is 1.70. The molecule has 1 heterocycles. The summed E-state index contributed by atoms with van der Waals surface area (Å²) in [4.78, 5) is 14.1. The van der Waals surface area contributed by atoms with Crippen LogP contribution in [0.2, 0.25) is 0 Å². The molecule has 3 aliphatic carbocycles. The van der Waals surface area contributed by atoms with Gasteiger partial charge >= 0.3 is 0 Å². The zero-order chi connectivity index (χ0) is 15.7. The Morgan fingerprint density at radius 2 is 1.91 bits per heavy atom. The summed E-state index contributed by atoms with van der Waals surface area (Å²) in [6, 6.07) is 0.792. The molecule has 4 aliphatic rings. The van der Waals surface area contributed by atoms with Crippen molar-refractivity contribution in [1.82, 2.24) is 4.90 Å². The maximum absolute atomic E-state index is 12.1. The summed E-state index contributed by atoms with van der Waals surface area (Å²) >= 11 is 0. The van der Waals surface area contributed by atoms with E-state index >= 15 is 0 Å². The van der Waals surface area contributed by atoms with Crippen LogP contribution in [0.15, 0.2) is 12.2 Å². The van der Waals surface area contributed by atoms with Gasteiger partial charge in [0, 0.05) is 24.5 Å². The van der Waals surface area contributed by atoms with Crippen LogP contribution in [0.1, 0.15) is 52.4 Å². The number of hydrogen-bond donors (Lipinski definition) is 1. The number of nitrogens with zero attached hydrogens (tertiary/aromatic N) is 1. The summed E-state index contributed by atoms with van der Waals surface area (Å²) in [5, 5.41) is 0. The molecule has 3 saturated carbocycles. The molecule has 2 N–H and O–H groups in total. The molecule has 22 heavy (non-hydrogen) atoms. The predicted molar refractivity (Wildman–Crippen MR) is 88.1 cm³/mol. The first-order valence-electron chi connectivity index (χ1n) is 9.09. The number of amides is 1. The molecular formula is C19H30N2O. The molecular weight excluding hydrogens is 272 g/mol. The van der Waals surface area contributed by atoms with Gasteiger partial charge in [0.25, 0.3) is 0 Å². The van der Waals surface area contributed by atoms with Gasteiger partial charge in [0.05, 0.1) is 0 Å². The zero-order valence-corrected chi connectivity index (χ0v) is 14.2. The van der Waals surface area contributed by atoms with E-state index in [0.717, 1.165) is 24.2 Å². The molecule has 2 unspecified atom stereocenters. The second kappa shape index (κ2) is 4.59. The molecule has 0 spiro atoms. The highest BCUT2D eigenvalue weighted by atomic mass is 16.2. The quantitative estimate of drug-likeness (QED) is 0.748. The first kappa shape index (κ1) is 14.7. The fraction of sp³-hybridized carbons (Fsp3) is 0.842. The largest absolute Gasteiger partial charge is 0.338 e. The second-order valence-corrected chi connectivity index (χ2v) is 8.85. The Morgan fingerprint density at radius 3 is 2.68 bits per heavy atom. The molecule has 122 valence electrons. The molecule has 0 aromatic carbocycles. The Bertz CT molecular complexity index is 530. The maximum Gasteiger partial charge on any atom is 0.246 e. The number of rotatable bonds is 0. The summed E-state index contributed by atoms with van der Waals surface area (Å²) in [6.45, 7) is 4.86. The first-order valence-corrected chi connectivity index (χ1v) is 9.09. The van der Waals surface area contributed by atoms with Gasteiger partial charge in [0.2, 0.25) is 5.91 Å². The zero-order valence-electron chi connectivity index (χ0n) is 14.2. The number of carbonyl (C=O) groups is 1. The maximum atomic E-state index is 12.1. The van der Waals surface area contributed by atoms with Crippen LogP contribution in [0.4, 0.5) is 0 Å². The number of carbonyl (C=O) groups excluding carboxylic acids is 1. The standard InChI is InChI=1S/C19H30N2O/c1-18-10-8-14-12(13(18)5-6-15(18)20)4-7-16-19(14,2)11-9-17(22)21(16)3/h9,11-16H,4-8,10,20H2,1-3H3/t12-,13-,14+,15?,16?,18-,19+/m0/s1. The van der Waals surface area contributed by atoms with E-state index in [4.69, 9.17) is 5.73 Å². The lowest BCUT2D eigenvalue weighted by Gasteiger charge is -2.60. The normalized spacial score (nSPS) is 53.9. The van der Waals surface area contributed by atoms with Crippen LogP contribution in [0.5, 0.6) is 0 Å². The van der Waals surface area contributed by atoms with Crippen molar-refractivity contribution in [2.24, 2.45) is 34.3 Å². The van der Waals surface area contributed by atoms with Crippen LogP contribution >= 0.6 is 0 Å². The van der Waals surface area contributed by atoms with E-state index in [1.165, 1.54) is 32.1 Å². The van der Waals surface area contributed by atoms with Crippen molar-refractivity contribution in [1.29, 1.82) is 0 Å². The minimum atomic E-state index is 0.166. The molecule has 1 aliphatic heterocycles. The molecule has 1 amide bonds. The summed E-state index contributed by atoms with van der Waals surface area (Å²) in [5.74, 6) is 2.51. The predicted octanol–water partition coefficient (Wildman–Crippen LogP) is 2.95. The van der Waals surface area contributed by atoms with Crippen molar-refractivity contribution in [2.75, 3.05) is 7.05 Å². The third kappa shape index (κ3) is 1.69. The van der Waals surface area contributed by atoms with Crippen LogP contribution in [0.3, 0.4) is 0 Å². The van der Waals surface area contributed by atoms with Gasteiger partial charge in [-0.25, -0.2) is 0 Å². The minimum absolute atomic E-state index is 0.166. The van der Waals surface area contributed by atoms with Gasteiger partial charge in [-0.05, 0) is 67.8 Å². The smallest absolute Gasteiger partial charge is 0.246 e. The highest BCUT2D eigenvalue weighted by Crippen LogP contribution is 2.63. The van der Waals surface area contributed by atoms with Gasteiger partial charge in [-0.15, -0.1) is 0 Å². The second-order valence-electron chi connectivity index (χ2n) is 8.85. The summed E-state index contributed by atoms with van der Waals surface area (Å²) in [6.07, 6.45) is 11.6. The Hall–Kier alpha value is -0.830. The Labute approximate surface area is 134 Å². The molecule has 0 saturated heterocycles. The Kier molecular flexibility index (Phi) is 3.08. The summed E-state index contributed by atoms with van der Waals surface area (Å²) < 4.78 is 0. The van der Waals surface area contributed by atoms with E-state index in [1.807, 2.05) is 18.0 Å². The van der Waals surface area contributed by atoms with Crippen LogP contribution in [0, 0.1) is 28.6 Å². The molecule has 7 atom stereocenters. The first-order chi connectivity index (χ1) is 10.4. The van der Waals surface area contributed by atoms with E-state index in [-0.39, 0.29) is 11.3 Å². The van der Waals surface area contributed by atoms with Gasteiger partial charge in [0.1, 0.15) is 0 Å². The van der Waals surface area contributed by atoms with Crippen molar-refractivity contribution >= 4 is 5.91 Å². The van der Waals surface area contributed by atoms with E-state index < -0.39 is 0 Å². The third-order valence-electron chi connectivity index (χ3n) is 8.20. The monoisotopic (exact) mass is 302 g/mol. The van der Waals surface area contributed by atoms with Crippen molar-refractivity contribution in [3.05, 3.63) is 12.2 Å². The SMILES string of the molecule is CN1C(=O)C=C[C@@]2(C)C1CC[C@@H]1[C@H]2CC[C@]2(C)C(N)CC[C@@H]12. The van der Waals surface area contributed by atoms with E-state index in [1.54, 1.807) is 0 Å². The summed E-state index contributed by atoms with van der Waals surface area (Å²) in [7, 11) is 1.99. The molecule has 0 bridgehead atoms. The highest BCUT2D eigenvalue weighted by molar-refractivity contribution is 5.89. The topological polar surface area (TPSA) is 46.3 Å². The van der Waals surface area contributed by atoms with Crippen molar-refractivity contribution in [3.63, 3.8) is 0 Å². The molecule has 0 aromatic heterocycles. The number of fused-ring (bicyclic) bond motifs is 5. The number of hydrogen-bond acceptors (Lipinski definition) is 2. The Morgan fingerprint density at radius 1 is 1.14 bits per heavy atom. The van der Waals surface area contributed by atoms with Crippen LogP contribution in [-0.4, -0.2) is 29.9 Å². The summed E-state index contributed by atoms with van der Waals surface area (Å²) in [5.41, 5.74) is 7.02. The molecule has 3 heteroatoms. The van der Waals surface area contributed by atoms with Gasteiger partial charge < -0.3 is 10.6 Å². The third-order valence-corrected chi connectivity index (χ3v) is 8.20. The lowest BCUT2D eigenvalue weighted by atomic mass is 9.48. The van der Waals surface area contributed by atoms with Crippen LogP contribution in [0.25, 0.3) is 0 Å².